The maximum absolute atomic E-state index is 6.03. The molecule has 0 unspecified atom stereocenters. The lowest BCUT2D eigenvalue weighted by Gasteiger charge is -2.26. The Morgan fingerprint density at radius 1 is 1.33 bits per heavy atom. The standard InChI is InChI=1S/C18H27BrN4O/c19-16-4-1-3-15(13-16)18(5-6-18)14-22-17(20)21-7-2-8-23-9-11-24-12-10-23/h1,3-4,13H,2,5-12,14H2,(H3,20,21,22). The van der Waals surface area contributed by atoms with Gasteiger partial charge in [0.1, 0.15) is 0 Å². The summed E-state index contributed by atoms with van der Waals surface area (Å²) in [6.07, 6.45) is 3.46. The van der Waals surface area contributed by atoms with Crippen LogP contribution < -0.4 is 11.1 Å². The molecule has 1 aliphatic heterocycles. The van der Waals surface area contributed by atoms with Gasteiger partial charge < -0.3 is 15.8 Å². The van der Waals surface area contributed by atoms with E-state index in [9.17, 15) is 0 Å². The first kappa shape index (κ1) is 17.7. The quantitative estimate of drug-likeness (QED) is 0.422. The lowest BCUT2D eigenvalue weighted by Crippen LogP contribution is -2.39. The number of morpholine rings is 1. The van der Waals surface area contributed by atoms with E-state index in [1.807, 2.05) is 0 Å². The largest absolute Gasteiger partial charge is 0.379 e. The fourth-order valence-corrected chi connectivity index (χ4v) is 3.54. The number of benzene rings is 1. The van der Waals surface area contributed by atoms with Crippen molar-refractivity contribution < 1.29 is 4.74 Å². The molecule has 1 aromatic carbocycles. The van der Waals surface area contributed by atoms with Crippen LogP contribution in [0.4, 0.5) is 0 Å². The Morgan fingerprint density at radius 2 is 2.12 bits per heavy atom. The molecule has 0 atom stereocenters. The van der Waals surface area contributed by atoms with Crippen molar-refractivity contribution >= 4 is 21.9 Å². The maximum Gasteiger partial charge on any atom is 0.188 e. The summed E-state index contributed by atoms with van der Waals surface area (Å²) in [5, 5.41) is 3.25. The molecule has 1 heterocycles. The highest BCUT2D eigenvalue weighted by molar-refractivity contribution is 9.10. The molecule has 1 aromatic rings. The van der Waals surface area contributed by atoms with Crippen molar-refractivity contribution in [1.82, 2.24) is 10.2 Å². The van der Waals surface area contributed by atoms with E-state index < -0.39 is 0 Å². The summed E-state index contributed by atoms with van der Waals surface area (Å²) in [6, 6.07) is 8.55. The van der Waals surface area contributed by atoms with Crippen molar-refractivity contribution in [2.45, 2.75) is 24.7 Å². The summed E-state index contributed by atoms with van der Waals surface area (Å²) in [4.78, 5) is 7.02. The van der Waals surface area contributed by atoms with Crippen molar-refractivity contribution in [2.24, 2.45) is 10.7 Å². The van der Waals surface area contributed by atoms with Gasteiger partial charge in [0.15, 0.2) is 5.96 Å². The van der Waals surface area contributed by atoms with Gasteiger partial charge in [-0.1, -0.05) is 28.1 Å². The third-order valence-corrected chi connectivity index (χ3v) is 5.40. The van der Waals surface area contributed by atoms with E-state index >= 15 is 0 Å². The summed E-state index contributed by atoms with van der Waals surface area (Å²) < 4.78 is 6.49. The number of hydrogen-bond donors (Lipinski definition) is 2. The van der Waals surface area contributed by atoms with Crippen LogP contribution in [0.5, 0.6) is 0 Å². The zero-order chi connectivity index (χ0) is 16.8. The number of ether oxygens (including phenoxy) is 1. The first-order valence-electron chi connectivity index (χ1n) is 8.78. The van der Waals surface area contributed by atoms with Gasteiger partial charge in [-0.2, -0.15) is 0 Å². The van der Waals surface area contributed by atoms with Crippen molar-refractivity contribution in [3.05, 3.63) is 34.3 Å². The summed E-state index contributed by atoms with van der Waals surface area (Å²) in [6.45, 7) is 6.52. The number of hydrogen-bond acceptors (Lipinski definition) is 3. The Labute approximate surface area is 152 Å². The number of rotatable bonds is 7. The van der Waals surface area contributed by atoms with E-state index in [4.69, 9.17) is 10.5 Å². The van der Waals surface area contributed by atoms with Gasteiger partial charge in [-0.05, 0) is 43.5 Å². The molecule has 0 bridgehead atoms. The zero-order valence-corrected chi connectivity index (χ0v) is 15.7. The van der Waals surface area contributed by atoms with Gasteiger partial charge in [-0.15, -0.1) is 0 Å². The first-order chi connectivity index (χ1) is 11.7. The SMILES string of the molecule is NC(=NCC1(c2cccc(Br)c2)CC1)NCCCN1CCOCC1. The molecule has 3 N–H and O–H groups in total. The monoisotopic (exact) mass is 394 g/mol. The van der Waals surface area contributed by atoms with E-state index in [1.54, 1.807) is 0 Å². The van der Waals surface area contributed by atoms with Gasteiger partial charge in [-0.25, -0.2) is 0 Å². The predicted molar refractivity (Wildman–Crippen MR) is 101 cm³/mol. The fraction of sp³-hybridized carbons (Fsp3) is 0.611. The minimum atomic E-state index is 0.198. The van der Waals surface area contributed by atoms with E-state index in [0.717, 1.165) is 56.8 Å². The van der Waals surface area contributed by atoms with Crippen LogP contribution in [0.25, 0.3) is 0 Å². The van der Waals surface area contributed by atoms with Crippen LogP contribution in [-0.2, 0) is 10.2 Å². The second-order valence-corrected chi connectivity index (χ2v) is 7.64. The van der Waals surface area contributed by atoms with Crippen LogP contribution in [0.2, 0.25) is 0 Å². The highest BCUT2D eigenvalue weighted by Crippen LogP contribution is 2.48. The van der Waals surface area contributed by atoms with E-state index in [-0.39, 0.29) is 5.41 Å². The van der Waals surface area contributed by atoms with Gasteiger partial charge in [0.25, 0.3) is 0 Å². The van der Waals surface area contributed by atoms with Gasteiger partial charge in [0, 0.05) is 29.5 Å². The second kappa shape index (κ2) is 8.32. The van der Waals surface area contributed by atoms with E-state index in [2.05, 4.69) is 55.4 Å². The van der Waals surface area contributed by atoms with Crippen LogP contribution in [0.1, 0.15) is 24.8 Å². The molecule has 1 aliphatic carbocycles. The molecular weight excluding hydrogens is 368 g/mol. The third kappa shape index (κ3) is 4.94. The molecule has 5 nitrogen and oxygen atoms in total. The van der Waals surface area contributed by atoms with Crippen LogP contribution in [0.15, 0.2) is 33.7 Å². The predicted octanol–water partition coefficient (Wildman–Crippen LogP) is 2.11. The lowest BCUT2D eigenvalue weighted by atomic mass is 9.96. The molecule has 6 heteroatoms. The Bertz CT molecular complexity index is 568. The molecule has 0 aromatic heterocycles. The number of nitrogens with two attached hydrogens (primary N) is 1. The molecule has 0 spiro atoms. The number of halogens is 1. The van der Waals surface area contributed by atoms with Crippen molar-refractivity contribution in [1.29, 1.82) is 0 Å². The summed E-state index contributed by atoms with van der Waals surface area (Å²) in [5.74, 6) is 0.568. The van der Waals surface area contributed by atoms with E-state index in [1.165, 1.54) is 18.4 Å². The van der Waals surface area contributed by atoms with Gasteiger partial charge in [-0.3, -0.25) is 9.89 Å². The van der Waals surface area contributed by atoms with Crippen molar-refractivity contribution in [2.75, 3.05) is 45.9 Å². The molecule has 1 saturated carbocycles. The van der Waals surface area contributed by atoms with Crippen molar-refractivity contribution in [3.8, 4) is 0 Å². The minimum Gasteiger partial charge on any atom is -0.379 e. The van der Waals surface area contributed by atoms with Crippen LogP contribution >= 0.6 is 15.9 Å². The van der Waals surface area contributed by atoms with Gasteiger partial charge >= 0.3 is 0 Å². The topological polar surface area (TPSA) is 62.9 Å². The molecule has 132 valence electrons. The van der Waals surface area contributed by atoms with Crippen LogP contribution in [-0.4, -0.2) is 56.8 Å². The molecule has 2 aliphatic rings. The minimum absolute atomic E-state index is 0.198. The third-order valence-electron chi connectivity index (χ3n) is 4.90. The number of nitrogens with zero attached hydrogens (tertiary/aromatic N) is 2. The Morgan fingerprint density at radius 3 is 2.83 bits per heavy atom. The average molecular weight is 395 g/mol. The number of nitrogens with one attached hydrogen (secondary N) is 1. The molecule has 1 saturated heterocycles. The second-order valence-electron chi connectivity index (χ2n) is 6.73. The molecule has 2 fully saturated rings. The van der Waals surface area contributed by atoms with E-state index in [0.29, 0.717) is 5.96 Å². The molecule has 24 heavy (non-hydrogen) atoms. The van der Waals surface area contributed by atoms with Crippen LogP contribution in [0.3, 0.4) is 0 Å². The van der Waals surface area contributed by atoms with Gasteiger partial charge in [0.2, 0.25) is 0 Å². The Kier molecular flexibility index (Phi) is 6.14. The Hall–Kier alpha value is -1.11. The number of guanidine groups is 1. The highest BCUT2D eigenvalue weighted by atomic mass is 79.9. The molecule has 0 amide bonds. The molecule has 0 radical (unpaired) electrons. The summed E-state index contributed by atoms with van der Waals surface area (Å²) in [5.41, 5.74) is 7.59. The zero-order valence-electron chi connectivity index (χ0n) is 14.1. The van der Waals surface area contributed by atoms with Gasteiger partial charge in [0.05, 0.1) is 19.8 Å². The fourth-order valence-electron chi connectivity index (χ4n) is 3.14. The van der Waals surface area contributed by atoms with Crippen LogP contribution in [0, 0.1) is 0 Å². The molecule has 3 rings (SSSR count). The maximum atomic E-state index is 6.03. The first-order valence-corrected chi connectivity index (χ1v) is 9.57. The lowest BCUT2D eigenvalue weighted by molar-refractivity contribution is 0.0376. The smallest absolute Gasteiger partial charge is 0.188 e. The number of aliphatic imine (C=N–C) groups is 1. The highest BCUT2D eigenvalue weighted by Gasteiger charge is 2.44. The average Bonchev–Trinajstić information content (AvgIpc) is 3.39. The summed E-state index contributed by atoms with van der Waals surface area (Å²) in [7, 11) is 0. The normalized spacial score (nSPS) is 20.8. The van der Waals surface area contributed by atoms with Crippen molar-refractivity contribution in [3.63, 3.8) is 0 Å². The molecular formula is C18H27BrN4O. The summed E-state index contributed by atoms with van der Waals surface area (Å²) >= 11 is 3.55. The Balaban J connectivity index is 1.40.